The SMILES string of the molecule is CCCS(=O)(=O)NC1CCC(=O)CC1. The molecular weight excluding hydrogens is 202 g/mol. The molecule has 0 unspecified atom stereocenters. The Kier molecular flexibility index (Phi) is 4.07. The highest BCUT2D eigenvalue weighted by Gasteiger charge is 2.22. The van der Waals surface area contributed by atoms with Crippen LogP contribution >= 0.6 is 0 Å². The van der Waals surface area contributed by atoms with Gasteiger partial charge in [0.25, 0.3) is 0 Å². The van der Waals surface area contributed by atoms with Crippen molar-refractivity contribution >= 4 is 15.8 Å². The lowest BCUT2D eigenvalue weighted by molar-refractivity contribution is -0.120. The van der Waals surface area contributed by atoms with E-state index in [0.717, 1.165) is 0 Å². The predicted octanol–water partition coefficient (Wildman–Crippen LogP) is 0.827. The molecule has 1 aliphatic carbocycles. The molecule has 0 saturated heterocycles. The van der Waals surface area contributed by atoms with Gasteiger partial charge in [0, 0.05) is 18.9 Å². The van der Waals surface area contributed by atoms with E-state index >= 15 is 0 Å². The number of rotatable bonds is 4. The number of carbonyl (C=O) groups excluding carboxylic acids is 1. The first kappa shape index (κ1) is 11.7. The average molecular weight is 219 g/mol. The Labute approximate surface area is 85.1 Å². The molecule has 1 rings (SSSR count). The number of sulfonamides is 1. The van der Waals surface area contributed by atoms with Crippen LogP contribution in [0.3, 0.4) is 0 Å². The maximum atomic E-state index is 11.4. The zero-order valence-electron chi connectivity index (χ0n) is 8.45. The molecule has 0 aromatic carbocycles. The molecule has 0 aliphatic heterocycles. The highest BCUT2D eigenvalue weighted by molar-refractivity contribution is 7.89. The molecule has 1 aliphatic rings. The van der Waals surface area contributed by atoms with Gasteiger partial charge in [0.15, 0.2) is 0 Å². The van der Waals surface area contributed by atoms with E-state index in [1.54, 1.807) is 0 Å². The molecule has 0 amide bonds. The summed E-state index contributed by atoms with van der Waals surface area (Å²) in [7, 11) is -3.11. The quantitative estimate of drug-likeness (QED) is 0.761. The molecule has 1 fully saturated rings. The fraction of sp³-hybridized carbons (Fsp3) is 0.889. The van der Waals surface area contributed by atoms with Gasteiger partial charge in [-0.3, -0.25) is 4.79 Å². The van der Waals surface area contributed by atoms with Gasteiger partial charge in [-0.15, -0.1) is 0 Å². The third-order valence-corrected chi connectivity index (χ3v) is 4.00. The van der Waals surface area contributed by atoms with Gasteiger partial charge in [-0.05, 0) is 19.3 Å². The molecule has 1 saturated carbocycles. The van der Waals surface area contributed by atoms with Gasteiger partial charge in [0.2, 0.25) is 10.0 Å². The minimum atomic E-state index is -3.11. The van der Waals surface area contributed by atoms with Gasteiger partial charge in [-0.1, -0.05) is 6.92 Å². The monoisotopic (exact) mass is 219 g/mol. The molecule has 0 spiro atoms. The topological polar surface area (TPSA) is 63.2 Å². The van der Waals surface area contributed by atoms with Crippen LogP contribution in [0.2, 0.25) is 0 Å². The number of hydrogen-bond donors (Lipinski definition) is 1. The highest BCUT2D eigenvalue weighted by Crippen LogP contribution is 2.15. The van der Waals surface area contributed by atoms with Crippen LogP contribution in [-0.4, -0.2) is 26.0 Å². The van der Waals surface area contributed by atoms with Gasteiger partial charge < -0.3 is 0 Å². The minimum Gasteiger partial charge on any atom is -0.300 e. The standard InChI is InChI=1S/C9H17NO3S/c1-2-7-14(12,13)10-8-3-5-9(11)6-4-8/h8,10H,2-7H2,1H3. The zero-order chi connectivity index (χ0) is 10.6. The molecule has 0 atom stereocenters. The number of hydrogen-bond acceptors (Lipinski definition) is 3. The first-order valence-corrected chi connectivity index (χ1v) is 6.70. The largest absolute Gasteiger partial charge is 0.300 e. The van der Waals surface area contributed by atoms with Crippen LogP contribution in [0.25, 0.3) is 0 Å². The van der Waals surface area contributed by atoms with Crippen LogP contribution in [0.5, 0.6) is 0 Å². The Bertz CT molecular complexity index is 287. The predicted molar refractivity (Wildman–Crippen MR) is 54.5 cm³/mol. The average Bonchev–Trinajstić information content (AvgIpc) is 2.08. The summed E-state index contributed by atoms with van der Waals surface area (Å²) in [4.78, 5) is 10.9. The van der Waals surface area contributed by atoms with Crippen molar-refractivity contribution in [3.8, 4) is 0 Å². The summed E-state index contributed by atoms with van der Waals surface area (Å²) < 4.78 is 25.4. The second kappa shape index (κ2) is 4.89. The van der Waals surface area contributed by atoms with Crippen LogP contribution in [0.1, 0.15) is 39.0 Å². The van der Waals surface area contributed by atoms with E-state index in [9.17, 15) is 13.2 Å². The van der Waals surface area contributed by atoms with E-state index in [4.69, 9.17) is 0 Å². The zero-order valence-corrected chi connectivity index (χ0v) is 9.27. The lowest BCUT2D eigenvalue weighted by Gasteiger charge is -2.21. The van der Waals surface area contributed by atoms with E-state index in [2.05, 4.69) is 4.72 Å². The minimum absolute atomic E-state index is 0.0238. The normalized spacial score (nSPS) is 19.9. The van der Waals surface area contributed by atoms with E-state index in [0.29, 0.717) is 32.1 Å². The Morgan fingerprint density at radius 1 is 1.36 bits per heavy atom. The molecule has 5 heteroatoms. The smallest absolute Gasteiger partial charge is 0.211 e. The van der Waals surface area contributed by atoms with E-state index in [-0.39, 0.29) is 17.6 Å². The molecule has 0 aromatic rings. The lowest BCUT2D eigenvalue weighted by atomic mass is 9.95. The number of ketones is 1. The summed E-state index contributed by atoms with van der Waals surface area (Å²) in [5.74, 6) is 0.424. The van der Waals surface area contributed by atoms with Crippen molar-refractivity contribution in [3.63, 3.8) is 0 Å². The molecule has 0 aromatic heterocycles. The fourth-order valence-electron chi connectivity index (χ4n) is 1.64. The van der Waals surface area contributed by atoms with E-state index < -0.39 is 10.0 Å². The van der Waals surface area contributed by atoms with Crippen LogP contribution < -0.4 is 4.72 Å². The van der Waals surface area contributed by atoms with Crippen LogP contribution in [0, 0.1) is 0 Å². The summed E-state index contributed by atoms with van der Waals surface area (Å²) in [6, 6.07) is -0.0238. The number of Topliss-reactive ketones (excluding diaryl/α,β-unsaturated/α-hetero) is 1. The number of carbonyl (C=O) groups is 1. The summed E-state index contributed by atoms with van der Waals surface area (Å²) in [5, 5.41) is 0. The molecular formula is C9H17NO3S. The van der Waals surface area contributed by atoms with Gasteiger partial charge in [0.1, 0.15) is 5.78 Å². The second-order valence-corrected chi connectivity index (χ2v) is 5.62. The molecule has 0 radical (unpaired) electrons. The molecule has 0 bridgehead atoms. The molecule has 4 nitrogen and oxygen atoms in total. The Balaban J connectivity index is 2.41. The van der Waals surface area contributed by atoms with E-state index in [1.807, 2.05) is 6.92 Å². The van der Waals surface area contributed by atoms with Crippen molar-refractivity contribution in [3.05, 3.63) is 0 Å². The van der Waals surface area contributed by atoms with Crippen LogP contribution in [-0.2, 0) is 14.8 Å². The first-order chi connectivity index (χ1) is 6.53. The summed E-state index contributed by atoms with van der Waals surface area (Å²) in [6.45, 7) is 1.84. The Morgan fingerprint density at radius 2 is 1.93 bits per heavy atom. The van der Waals surface area contributed by atoms with Gasteiger partial charge in [0.05, 0.1) is 5.75 Å². The molecule has 1 N–H and O–H groups in total. The molecule has 82 valence electrons. The van der Waals surface area contributed by atoms with Crippen LogP contribution in [0.4, 0.5) is 0 Å². The van der Waals surface area contributed by atoms with Gasteiger partial charge in [-0.2, -0.15) is 0 Å². The maximum absolute atomic E-state index is 11.4. The lowest BCUT2D eigenvalue weighted by Crippen LogP contribution is -2.38. The highest BCUT2D eigenvalue weighted by atomic mass is 32.2. The summed E-state index contributed by atoms with van der Waals surface area (Å²) in [6.07, 6.45) is 2.96. The molecule has 14 heavy (non-hydrogen) atoms. The van der Waals surface area contributed by atoms with Gasteiger partial charge in [-0.25, -0.2) is 13.1 Å². The van der Waals surface area contributed by atoms with Crippen LogP contribution in [0.15, 0.2) is 0 Å². The maximum Gasteiger partial charge on any atom is 0.211 e. The second-order valence-electron chi connectivity index (χ2n) is 3.75. The third-order valence-electron chi connectivity index (χ3n) is 2.36. The third kappa shape index (κ3) is 3.75. The Hall–Kier alpha value is -0.420. The van der Waals surface area contributed by atoms with Crippen molar-refractivity contribution < 1.29 is 13.2 Å². The molecule has 0 heterocycles. The van der Waals surface area contributed by atoms with Crippen molar-refractivity contribution in [1.29, 1.82) is 0 Å². The summed E-state index contributed by atoms with van der Waals surface area (Å²) >= 11 is 0. The van der Waals surface area contributed by atoms with Crippen molar-refractivity contribution in [1.82, 2.24) is 4.72 Å². The summed E-state index contributed by atoms with van der Waals surface area (Å²) in [5.41, 5.74) is 0. The van der Waals surface area contributed by atoms with Gasteiger partial charge >= 0.3 is 0 Å². The Morgan fingerprint density at radius 3 is 2.43 bits per heavy atom. The van der Waals surface area contributed by atoms with Crippen molar-refractivity contribution in [2.45, 2.75) is 45.1 Å². The first-order valence-electron chi connectivity index (χ1n) is 5.05. The fourth-order valence-corrected chi connectivity index (χ4v) is 3.04. The van der Waals surface area contributed by atoms with E-state index in [1.165, 1.54) is 0 Å². The van der Waals surface area contributed by atoms with Crippen molar-refractivity contribution in [2.24, 2.45) is 0 Å². The number of nitrogens with one attached hydrogen (secondary N) is 1. The van der Waals surface area contributed by atoms with Crippen molar-refractivity contribution in [2.75, 3.05) is 5.75 Å².